The van der Waals surface area contributed by atoms with Crippen molar-refractivity contribution in [2.45, 2.75) is 18.7 Å². The number of rotatable bonds is 6. The van der Waals surface area contributed by atoms with Gasteiger partial charge in [-0.25, -0.2) is 18.0 Å². The zero-order valence-corrected chi connectivity index (χ0v) is 15.4. The van der Waals surface area contributed by atoms with E-state index in [9.17, 15) is 18.0 Å². The number of hydrogen-bond acceptors (Lipinski definition) is 6. The molecule has 0 unspecified atom stereocenters. The van der Waals surface area contributed by atoms with Crippen LogP contribution in [-0.4, -0.2) is 34.1 Å². The van der Waals surface area contributed by atoms with E-state index < -0.39 is 22.0 Å². The van der Waals surface area contributed by atoms with Crippen molar-refractivity contribution in [2.75, 3.05) is 18.4 Å². The van der Waals surface area contributed by atoms with Crippen molar-refractivity contribution in [2.24, 2.45) is 0 Å². The third-order valence-corrected chi connectivity index (χ3v) is 5.07. The number of sulfonamides is 1. The number of methoxy groups -OCH3 is 1. The van der Waals surface area contributed by atoms with Crippen molar-refractivity contribution in [3.8, 4) is 0 Å². The van der Waals surface area contributed by atoms with Crippen molar-refractivity contribution >= 4 is 27.6 Å². The topological polar surface area (TPSA) is 98.8 Å². The van der Waals surface area contributed by atoms with Crippen molar-refractivity contribution in [3.63, 3.8) is 0 Å². The lowest BCUT2D eigenvalue weighted by atomic mass is 10.1. The van der Waals surface area contributed by atoms with E-state index >= 15 is 0 Å². The van der Waals surface area contributed by atoms with E-state index in [1.54, 1.807) is 26.0 Å². The summed E-state index contributed by atoms with van der Waals surface area (Å²) in [6.45, 7) is 3.43. The predicted molar refractivity (Wildman–Crippen MR) is 95.7 cm³/mol. The molecule has 0 radical (unpaired) electrons. The molecule has 138 valence electrons. The minimum absolute atomic E-state index is 0.0842. The van der Waals surface area contributed by atoms with E-state index in [-0.39, 0.29) is 28.3 Å². The van der Waals surface area contributed by atoms with Gasteiger partial charge in [-0.3, -0.25) is 4.72 Å². The molecule has 7 nitrogen and oxygen atoms in total. The minimum atomic E-state index is -4.04. The van der Waals surface area contributed by atoms with Crippen LogP contribution in [0.2, 0.25) is 0 Å². The van der Waals surface area contributed by atoms with Gasteiger partial charge < -0.3 is 9.47 Å². The predicted octanol–water partition coefficient (Wildman–Crippen LogP) is 2.76. The van der Waals surface area contributed by atoms with Gasteiger partial charge in [0, 0.05) is 0 Å². The van der Waals surface area contributed by atoms with E-state index in [4.69, 9.17) is 4.74 Å². The molecular weight excluding hydrogens is 358 g/mol. The fourth-order valence-electron chi connectivity index (χ4n) is 2.29. The second-order valence-corrected chi connectivity index (χ2v) is 6.99. The molecule has 2 rings (SSSR count). The summed E-state index contributed by atoms with van der Waals surface area (Å²) < 4.78 is 37.6. The van der Waals surface area contributed by atoms with E-state index in [1.165, 1.54) is 37.4 Å². The third-order valence-electron chi connectivity index (χ3n) is 3.57. The molecule has 8 heteroatoms. The molecule has 26 heavy (non-hydrogen) atoms. The SMILES string of the molecule is CCOC(=O)c1ccccc1NS(=O)(=O)c1cc(C(=O)OC)ccc1C. The summed E-state index contributed by atoms with van der Waals surface area (Å²) in [6.07, 6.45) is 0. The summed E-state index contributed by atoms with van der Waals surface area (Å²) in [5, 5.41) is 0. The number of carbonyl (C=O) groups excluding carboxylic acids is 2. The zero-order valence-electron chi connectivity index (χ0n) is 14.6. The number of ether oxygens (including phenoxy) is 2. The van der Waals surface area contributed by atoms with Crippen LogP contribution in [0.1, 0.15) is 33.2 Å². The summed E-state index contributed by atoms with van der Waals surface area (Å²) >= 11 is 0. The van der Waals surface area contributed by atoms with Gasteiger partial charge in [0.15, 0.2) is 0 Å². The van der Waals surface area contributed by atoms with Gasteiger partial charge in [-0.2, -0.15) is 0 Å². The first-order valence-electron chi connectivity index (χ1n) is 7.78. The fraction of sp³-hybridized carbons (Fsp3) is 0.222. The van der Waals surface area contributed by atoms with Crippen LogP contribution in [0.4, 0.5) is 5.69 Å². The molecule has 0 aromatic heterocycles. The molecule has 0 amide bonds. The molecule has 0 bridgehead atoms. The van der Waals surface area contributed by atoms with Gasteiger partial charge in [0.05, 0.1) is 35.4 Å². The molecule has 0 aliphatic rings. The average Bonchev–Trinajstić information content (AvgIpc) is 2.61. The molecule has 0 spiro atoms. The Bertz CT molecular complexity index is 936. The number of esters is 2. The van der Waals surface area contributed by atoms with Crippen LogP contribution in [-0.2, 0) is 19.5 Å². The fourth-order valence-corrected chi connectivity index (χ4v) is 3.64. The maximum absolute atomic E-state index is 12.8. The monoisotopic (exact) mass is 377 g/mol. The highest BCUT2D eigenvalue weighted by Gasteiger charge is 2.22. The summed E-state index contributed by atoms with van der Waals surface area (Å²) in [4.78, 5) is 23.6. The highest BCUT2D eigenvalue weighted by molar-refractivity contribution is 7.92. The summed E-state index contributed by atoms with van der Waals surface area (Å²) in [6, 6.07) is 10.4. The molecule has 0 fully saturated rings. The number of carbonyl (C=O) groups is 2. The number of nitrogens with one attached hydrogen (secondary N) is 1. The van der Waals surface area contributed by atoms with Gasteiger partial charge in [0.25, 0.3) is 10.0 Å². The van der Waals surface area contributed by atoms with Gasteiger partial charge >= 0.3 is 11.9 Å². The molecule has 0 aliphatic heterocycles. The summed E-state index contributed by atoms with van der Waals surface area (Å²) in [7, 11) is -2.83. The van der Waals surface area contributed by atoms with Crippen LogP contribution >= 0.6 is 0 Å². The summed E-state index contributed by atoms with van der Waals surface area (Å²) in [5.74, 6) is -1.28. The van der Waals surface area contributed by atoms with Crippen molar-refractivity contribution in [1.82, 2.24) is 0 Å². The highest BCUT2D eigenvalue weighted by Crippen LogP contribution is 2.24. The number of benzene rings is 2. The Hall–Kier alpha value is -2.87. The van der Waals surface area contributed by atoms with Crippen LogP contribution in [0.3, 0.4) is 0 Å². The van der Waals surface area contributed by atoms with E-state index in [0.29, 0.717) is 5.56 Å². The van der Waals surface area contributed by atoms with Gasteiger partial charge in [-0.1, -0.05) is 18.2 Å². The number of anilines is 1. The van der Waals surface area contributed by atoms with E-state index in [0.717, 1.165) is 0 Å². The van der Waals surface area contributed by atoms with Crippen molar-refractivity contribution < 1.29 is 27.5 Å². The van der Waals surface area contributed by atoms with E-state index in [1.807, 2.05) is 0 Å². The third kappa shape index (κ3) is 4.20. The maximum Gasteiger partial charge on any atom is 0.340 e. The lowest BCUT2D eigenvalue weighted by Gasteiger charge is -2.14. The Balaban J connectivity index is 2.45. The number of para-hydroxylation sites is 1. The largest absolute Gasteiger partial charge is 0.465 e. The molecule has 0 atom stereocenters. The maximum atomic E-state index is 12.8. The molecule has 0 saturated heterocycles. The first-order chi connectivity index (χ1) is 12.3. The van der Waals surface area contributed by atoms with Crippen LogP contribution < -0.4 is 4.72 Å². The standard InChI is InChI=1S/C18H19NO6S/c1-4-25-18(21)14-7-5-6-8-15(14)19-26(22,23)16-11-13(17(20)24-3)10-9-12(16)2/h5-11,19H,4H2,1-3H3. The molecular formula is C18H19NO6S. The minimum Gasteiger partial charge on any atom is -0.465 e. The van der Waals surface area contributed by atoms with Crippen LogP contribution in [0.5, 0.6) is 0 Å². The van der Waals surface area contributed by atoms with Gasteiger partial charge in [-0.05, 0) is 43.7 Å². The van der Waals surface area contributed by atoms with E-state index in [2.05, 4.69) is 9.46 Å². The van der Waals surface area contributed by atoms with Gasteiger partial charge in [0.2, 0.25) is 0 Å². The Labute approximate surface area is 152 Å². The molecule has 2 aromatic carbocycles. The first kappa shape index (κ1) is 19.5. The average molecular weight is 377 g/mol. The van der Waals surface area contributed by atoms with Crippen molar-refractivity contribution in [3.05, 3.63) is 59.2 Å². The lowest BCUT2D eigenvalue weighted by molar-refractivity contribution is 0.0526. The Morgan fingerprint density at radius 1 is 1.08 bits per heavy atom. The second kappa shape index (κ2) is 8.01. The number of hydrogen-bond donors (Lipinski definition) is 1. The van der Waals surface area contributed by atoms with Crippen molar-refractivity contribution in [1.29, 1.82) is 0 Å². The van der Waals surface area contributed by atoms with Gasteiger partial charge in [-0.15, -0.1) is 0 Å². The summed E-state index contributed by atoms with van der Waals surface area (Å²) in [5.41, 5.74) is 0.740. The van der Waals surface area contributed by atoms with Crippen LogP contribution in [0.15, 0.2) is 47.4 Å². The molecule has 2 aromatic rings. The Kier molecular flexibility index (Phi) is 5.99. The highest BCUT2D eigenvalue weighted by atomic mass is 32.2. The second-order valence-electron chi connectivity index (χ2n) is 5.34. The molecule has 0 aliphatic carbocycles. The quantitative estimate of drug-likeness (QED) is 0.777. The Morgan fingerprint density at radius 2 is 1.77 bits per heavy atom. The smallest absolute Gasteiger partial charge is 0.340 e. The zero-order chi connectivity index (χ0) is 19.3. The first-order valence-corrected chi connectivity index (χ1v) is 9.26. The lowest BCUT2D eigenvalue weighted by Crippen LogP contribution is -2.18. The Morgan fingerprint density at radius 3 is 2.42 bits per heavy atom. The van der Waals surface area contributed by atoms with Gasteiger partial charge in [0.1, 0.15) is 0 Å². The molecule has 0 saturated carbocycles. The van der Waals surface area contributed by atoms with Crippen LogP contribution in [0, 0.1) is 6.92 Å². The molecule has 1 N–H and O–H groups in total. The normalized spacial score (nSPS) is 10.9. The molecule has 0 heterocycles. The number of aryl methyl sites for hydroxylation is 1. The van der Waals surface area contributed by atoms with Crippen LogP contribution in [0.25, 0.3) is 0 Å².